The van der Waals surface area contributed by atoms with E-state index in [4.69, 9.17) is 0 Å². The second-order valence-electron chi connectivity index (χ2n) is 8.41. The number of fused-ring (bicyclic) bond motifs is 2. The van der Waals surface area contributed by atoms with Crippen molar-refractivity contribution >= 4 is 17.5 Å². The molecule has 0 spiro atoms. The Morgan fingerprint density at radius 2 is 1.59 bits per heavy atom. The fourth-order valence-corrected chi connectivity index (χ4v) is 3.48. The van der Waals surface area contributed by atoms with Crippen molar-refractivity contribution in [3.8, 4) is 0 Å². The number of rotatable bonds is 2. The fourth-order valence-electron chi connectivity index (χ4n) is 3.48. The summed E-state index contributed by atoms with van der Waals surface area (Å²) >= 11 is 0. The molecule has 0 unspecified atom stereocenters. The lowest BCUT2D eigenvalue weighted by atomic mass is 9.94. The molecule has 0 atom stereocenters. The predicted octanol–water partition coefficient (Wildman–Crippen LogP) is 7.58. The summed E-state index contributed by atoms with van der Waals surface area (Å²) in [5.41, 5.74) is 8.41. The highest BCUT2D eigenvalue weighted by Crippen LogP contribution is 2.32. The quantitative estimate of drug-likeness (QED) is 0.552. The highest BCUT2D eigenvalue weighted by Gasteiger charge is 2.17. The monoisotopic (exact) mass is 390 g/mol. The van der Waals surface area contributed by atoms with Gasteiger partial charge in [0.2, 0.25) is 0 Å². The van der Waals surface area contributed by atoms with Crippen LogP contribution in [0, 0.1) is 5.82 Å². The van der Waals surface area contributed by atoms with E-state index in [1.54, 1.807) is 6.07 Å². The number of aryl methyl sites for hydroxylation is 1. The van der Waals surface area contributed by atoms with Gasteiger partial charge in [-0.2, -0.15) is 0 Å². The van der Waals surface area contributed by atoms with Crippen LogP contribution in [0.1, 0.15) is 68.2 Å². The van der Waals surface area contributed by atoms with Gasteiger partial charge in [0.25, 0.3) is 0 Å². The topological polar surface area (TPSA) is 24.1 Å². The van der Waals surface area contributed by atoms with Crippen LogP contribution in [0.5, 0.6) is 0 Å². The van der Waals surface area contributed by atoms with Gasteiger partial charge in [-0.05, 0) is 71.2 Å². The first-order chi connectivity index (χ1) is 13.7. The Balaban J connectivity index is 0.000000166. The van der Waals surface area contributed by atoms with Crippen LogP contribution in [-0.4, -0.2) is 0 Å². The maximum Gasteiger partial charge on any atom is 0.147 e. The Morgan fingerprint density at radius 3 is 2.28 bits per heavy atom. The van der Waals surface area contributed by atoms with Gasteiger partial charge in [-0.3, -0.25) is 0 Å². The molecule has 2 aromatic rings. The van der Waals surface area contributed by atoms with Gasteiger partial charge in [-0.15, -0.1) is 0 Å². The number of halogens is 1. The highest BCUT2D eigenvalue weighted by molar-refractivity contribution is 5.75. The van der Waals surface area contributed by atoms with Crippen molar-refractivity contribution in [2.75, 3.05) is 10.6 Å². The van der Waals surface area contributed by atoms with E-state index in [2.05, 4.69) is 81.8 Å². The third kappa shape index (κ3) is 4.97. The lowest BCUT2D eigenvalue weighted by Crippen LogP contribution is -2.11. The summed E-state index contributed by atoms with van der Waals surface area (Å²) in [5.74, 6) is 0.797. The zero-order chi connectivity index (χ0) is 21.1. The molecule has 0 aromatic heterocycles. The van der Waals surface area contributed by atoms with Gasteiger partial charge >= 0.3 is 0 Å². The van der Waals surface area contributed by atoms with Crippen LogP contribution in [0.25, 0.3) is 6.08 Å². The normalized spacial score (nSPS) is 14.6. The zero-order valence-corrected chi connectivity index (χ0v) is 17.9. The number of hydrogen-bond acceptors (Lipinski definition) is 2. The summed E-state index contributed by atoms with van der Waals surface area (Å²) in [7, 11) is 0. The first-order valence-corrected chi connectivity index (χ1v) is 10.3. The van der Waals surface area contributed by atoms with Crippen molar-refractivity contribution in [1.82, 2.24) is 0 Å². The molecule has 2 nitrogen and oxygen atoms in total. The minimum absolute atomic E-state index is 0.156. The molecular formula is C26H31FN2. The average molecular weight is 391 g/mol. The Labute approximate surface area is 174 Å². The zero-order valence-electron chi connectivity index (χ0n) is 17.9. The molecule has 4 rings (SSSR count). The van der Waals surface area contributed by atoms with E-state index >= 15 is 0 Å². The minimum Gasteiger partial charge on any atom is -0.357 e. The molecule has 0 amide bonds. The van der Waals surface area contributed by atoms with Gasteiger partial charge in [0.1, 0.15) is 5.82 Å². The molecule has 2 aromatic carbocycles. The van der Waals surface area contributed by atoms with Crippen LogP contribution in [0.15, 0.2) is 61.0 Å². The number of nitrogens with one attached hydrogen (secondary N) is 2. The van der Waals surface area contributed by atoms with Crippen LogP contribution >= 0.6 is 0 Å². The Bertz CT molecular complexity index is 967. The standard InChI is InChI=1S/C13H16FN.C13H15N/c1-8(2)11-6-10-5-4-9(3)15-13(10)12(14)7-11;1-9(2)11-6-7-13-12(8-11)5-4-10(3)14-13/h6-8,15H,3-5H2,1-2H3;4-9,14H,3H2,1-2H3. The van der Waals surface area contributed by atoms with E-state index in [0.717, 1.165) is 41.1 Å². The van der Waals surface area contributed by atoms with Crippen LogP contribution < -0.4 is 10.6 Å². The van der Waals surface area contributed by atoms with Gasteiger partial charge in [-0.25, -0.2) is 4.39 Å². The molecule has 152 valence electrons. The largest absolute Gasteiger partial charge is 0.357 e. The summed E-state index contributed by atoms with van der Waals surface area (Å²) in [4.78, 5) is 0. The summed E-state index contributed by atoms with van der Waals surface area (Å²) < 4.78 is 13.8. The van der Waals surface area contributed by atoms with Crippen LogP contribution in [-0.2, 0) is 6.42 Å². The predicted molar refractivity (Wildman–Crippen MR) is 124 cm³/mol. The van der Waals surface area contributed by atoms with Gasteiger partial charge < -0.3 is 10.6 Å². The summed E-state index contributed by atoms with van der Waals surface area (Å²) in [5, 5.41) is 6.27. The van der Waals surface area contributed by atoms with E-state index in [0.29, 0.717) is 17.5 Å². The third-order valence-electron chi connectivity index (χ3n) is 5.36. The number of benzene rings is 2. The smallest absolute Gasteiger partial charge is 0.147 e. The van der Waals surface area contributed by atoms with Crippen molar-refractivity contribution in [1.29, 1.82) is 0 Å². The first-order valence-electron chi connectivity index (χ1n) is 10.3. The van der Waals surface area contributed by atoms with Gasteiger partial charge in [0, 0.05) is 17.1 Å². The maximum absolute atomic E-state index is 13.8. The first kappa shape index (κ1) is 20.9. The maximum atomic E-state index is 13.8. The molecule has 0 fully saturated rings. The van der Waals surface area contributed by atoms with Crippen LogP contribution in [0.4, 0.5) is 15.8 Å². The van der Waals surface area contributed by atoms with E-state index in [1.807, 2.05) is 6.08 Å². The number of hydrogen-bond donors (Lipinski definition) is 2. The molecular weight excluding hydrogens is 359 g/mol. The van der Waals surface area contributed by atoms with Crippen molar-refractivity contribution in [3.05, 3.63) is 89.0 Å². The molecule has 0 saturated heterocycles. The van der Waals surface area contributed by atoms with E-state index in [-0.39, 0.29) is 5.82 Å². The van der Waals surface area contributed by atoms with Crippen molar-refractivity contribution < 1.29 is 4.39 Å². The lowest BCUT2D eigenvalue weighted by Gasteiger charge is -2.22. The second kappa shape index (κ2) is 8.69. The Hall–Kier alpha value is -2.81. The van der Waals surface area contributed by atoms with E-state index < -0.39 is 0 Å². The van der Waals surface area contributed by atoms with Gasteiger partial charge in [-0.1, -0.05) is 59.1 Å². The van der Waals surface area contributed by atoms with E-state index in [1.165, 1.54) is 11.1 Å². The molecule has 0 bridgehead atoms. The summed E-state index contributed by atoms with van der Waals surface area (Å²) in [6.07, 6.45) is 5.90. The molecule has 3 heteroatoms. The summed E-state index contributed by atoms with van der Waals surface area (Å²) in [6.45, 7) is 16.3. The Morgan fingerprint density at radius 1 is 0.862 bits per heavy atom. The SMILES string of the molecule is C=C1C=Cc2cc(C(C)C)ccc2N1.C=C1CCc2cc(C(C)C)cc(F)c2N1. The van der Waals surface area contributed by atoms with E-state index in [9.17, 15) is 4.39 Å². The number of allylic oxidation sites excluding steroid dienone is 2. The molecule has 2 aliphatic rings. The molecule has 0 saturated carbocycles. The molecule has 0 radical (unpaired) electrons. The average Bonchev–Trinajstić information content (AvgIpc) is 2.68. The molecule has 2 N–H and O–H groups in total. The lowest BCUT2D eigenvalue weighted by molar-refractivity contribution is 0.621. The Kier molecular flexibility index (Phi) is 6.26. The number of anilines is 2. The second-order valence-corrected chi connectivity index (χ2v) is 8.41. The third-order valence-corrected chi connectivity index (χ3v) is 5.36. The van der Waals surface area contributed by atoms with Crippen molar-refractivity contribution in [2.45, 2.75) is 52.4 Å². The highest BCUT2D eigenvalue weighted by atomic mass is 19.1. The van der Waals surface area contributed by atoms with Crippen molar-refractivity contribution in [2.24, 2.45) is 0 Å². The van der Waals surface area contributed by atoms with Crippen molar-refractivity contribution in [3.63, 3.8) is 0 Å². The molecule has 2 heterocycles. The van der Waals surface area contributed by atoms with Gasteiger partial charge in [0.15, 0.2) is 0 Å². The molecule has 0 aliphatic carbocycles. The van der Waals surface area contributed by atoms with Gasteiger partial charge in [0.05, 0.1) is 5.69 Å². The molecule has 29 heavy (non-hydrogen) atoms. The van der Waals surface area contributed by atoms with Crippen LogP contribution in [0.2, 0.25) is 0 Å². The fraction of sp³-hybridized carbons (Fsp3) is 0.308. The summed E-state index contributed by atoms with van der Waals surface area (Å²) in [6, 6.07) is 10.2. The molecule has 2 aliphatic heterocycles. The minimum atomic E-state index is -0.156. The van der Waals surface area contributed by atoms with Crippen LogP contribution in [0.3, 0.4) is 0 Å².